The van der Waals surface area contributed by atoms with Crippen molar-refractivity contribution in [3.63, 3.8) is 0 Å². The molecule has 2 aromatic carbocycles. The van der Waals surface area contributed by atoms with Crippen LogP contribution in [0.3, 0.4) is 0 Å². The van der Waals surface area contributed by atoms with E-state index in [1.807, 2.05) is 42.5 Å². The SMILES string of the molecule is COc1ccccc1N1CCN(c2nc(CNC(=O)c3cc(C)on3)nc3ccccc23)CC1. The summed E-state index contributed by atoms with van der Waals surface area (Å²) < 4.78 is 10.5. The lowest BCUT2D eigenvalue weighted by atomic mass is 10.2. The van der Waals surface area contributed by atoms with Crippen LogP contribution in [0.5, 0.6) is 5.75 Å². The number of nitrogens with zero attached hydrogens (tertiary/aromatic N) is 5. The van der Waals surface area contributed by atoms with E-state index < -0.39 is 0 Å². The van der Waals surface area contributed by atoms with Crippen molar-refractivity contribution in [1.29, 1.82) is 0 Å². The maximum atomic E-state index is 12.4. The number of nitrogens with one attached hydrogen (secondary N) is 1. The van der Waals surface area contributed by atoms with Gasteiger partial charge < -0.3 is 24.4 Å². The third-order valence-corrected chi connectivity index (χ3v) is 5.90. The number of aromatic nitrogens is 3. The Bertz CT molecular complexity index is 1310. The van der Waals surface area contributed by atoms with E-state index in [1.165, 1.54) is 0 Å². The second kappa shape index (κ2) is 9.38. The monoisotopic (exact) mass is 458 g/mol. The molecule has 1 fully saturated rings. The summed E-state index contributed by atoms with van der Waals surface area (Å²) in [6.07, 6.45) is 0. The van der Waals surface area contributed by atoms with E-state index in [1.54, 1.807) is 20.1 Å². The fourth-order valence-electron chi connectivity index (χ4n) is 4.20. The van der Waals surface area contributed by atoms with Crippen LogP contribution in [0.15, 0.2) is 59.1 Å². The average molecular weight is 459 g/mol. The molecule has 174 valence electrons. The van der Waals surface area contributed by atoms with Gasteiger partial charge in [-0.1, -0.05) is 29.4 Å². The van der Waals surface area contributed by atoms with Crippen molar-refractivity contribution in [2.45, 2.75) is 13.5 Å². The van der Waals surface area contributed by atoms with Crippen LogP contribution in [0.4, 0.5) is 11.5 Å². The van der Waals surface area contributed by atoms with Crippen LogP contribution < -0.4 is 19.9 Å². The molecule has 9 heteroatoms. The minimum atomic E-state index is -0.319. The number of fused-ring (bicyclic) bond motifs is 1. The first kappa shape index (κ1) is 21.7. The highest BCUT2D eigenvalue weighted by Gasteiger charge is 2.23. The normalized spacial score (nSPS) is 13.8. The third kappa shape index (κ3) is 4.36. The van der Waals surface area contributed by atoms with Gasteiger partial charge in [-0.05, 0) is 31.2 Å². The number of benzene rings is 2. The van der Waals surface area contributed by atoms with Crippen molar-refractivity contribution in [2.24, 2.45) is 0 Å². The third-order valence-electron chi connectivity index (χ3n) is 5.90. The van der Waals surface area contributed by atoms with Crippen molar-refractivity contribution in [2.75, 3.05) is 43.1 Å². The van der Waals surface area contributed by atoms with Gasteiger partial charge in [0, 0.05) is 37.6 Å². The Balaban J connectivity index is 1.35. The van der Waals surface area contributed by atoms with Gasteiger partial charge in [0.25, 0.3) is 5.91 Å². The standard InChI is InChI=1S/C25H26N6O3/c1-17-15-20(29-34-17)25(32)26-16-23-27-19-8-4-3-7-18(19)24(28-23)31-13-11-30(12-14-31)21-9-5-6-10-22(21)33-2/h3-10,15H,11-14,16H2,1-2H3,(H,26,32). The van der Waals surface area contributed by atoms with Crippen LogP contribution in [0.2, 0.25) is 0 Å². The maximum absolute atomic E-state index is 12.4. The van der Waals surface area contributed by atoms with Crippen LogP contribution >= 0.6 is 0 Å². The largest absolute Gasteiger partial charge is 0.495 e. The van der Waals surface area contributed by atoms with Gasteiger partial charge in [0.2, 0.25) is 0 Å². The summed E-state index contributed by atoms with van der Waals surface area (Å²) in [7, 11) is 1.70. The zero-order valence-electron chi connectivity index (χ0n) is 19.2. The second-order valence-corrected chi connectivity index (χ2v) is 8.13. The number of hydrogen-bond acceptors (Lipinski definition) is 8. The first-order valence-corrected chi connectivity index (χ1v) is 11.2. The molecule has 2 aromatic heterocycles. The van der Waals surface area contributed by atoms with Gasteiger partial charge in [0.05, 0.1) is 24.9 Å². The Kier molecular flexibility index (Phi) is 5.99. The molecule has 34 heavy (non-hydrogen) atoms. The van der Waals surface area contributed by atoms with Gasteiger partial charge >= 0.3 is 0 Å². The summed E-state index contributed by atoms with van der Waals surface area (Å²) in [4.78, 5) is 26.5. The van der Waals surface area contributed by atoms with Crippen LogP contribution in [-0.4, -0.2) is 54.3 Å². The quantitative estimate of drug-likeness (QED) is 0.471. The topological polar surface area (TPSA) is 96.6 Å². The molecule has 0 atom stereocenters. The highest BCUT2D eigenvalue weighted by atomic mass is 16.5. The number of hydrogen-bond donors (Lipinski definition) is 1. The van der Waals surface area contributed by atoms with Crippen molar-refractivity contribution >= 4 is 28.3 Å². The number of piperazine rings is 1. The number of amides is 1. The highest BCUT2D eigenvalue weighted by molar-refractivity contribution is 5.92. The minimum absolute atomic E-state index is 0.198. The summed E-state index contributed by atoms with van der Waals surface area (Å²) in [5, 5.41) is 7.60. The maximum Gasteiger partial charge on any atom is 0.273 e. The highest BCUT2D eigenvalue weighted by Crippen LogP contribution is 2.30. The van der Waals surface area contributed by atoms with Crippen LogP contribution in [0.25, 0.3) is 10.9 Å². The fourth-order valence-corrected chi connectivity index (χ4v) is 4.20. The number of anilines is 2. The molecular weight excluding hydrogens is 432 g/mol. The van der Waals surface area contributed by atoms with Crippen molar-refractivity contribution in [3.8, 4) is 5.75 Å². The van der Waals surface area contributed by atoms with Crippen LogP contribution in [0.1, 0.15) is 22.1 Å². The molecule has 9 nitrogen and oxygen atoms in total. The summed E-state index contributed by atoms with van der Waals surface area (Å²) in [6, 6.07) is 17.7. The van der Waals surface area contributed by atoms with Gasteiger partial charge in [0.1, 0.15) is 17.3 Å². The van der Waals surface area contributed by atoms with E-state index in [-0.39, 0.29) is 18.1 Å². The molecule has 1 aliphatic rings. The zero-order chi connectivity index (χ0) is 23.5. The van der Waals surface area contributed by atoms with Gasteiger partial charge in [-0.2, -0.15) is 0 Å². The van der Waals surface area contributed by atoms with E-state index in [9.17, 15) is 4.79 Å². The van der Waals surface area contributed by atoms with Crippen molar-refractivity contribution < 1.29 is 14.1 Å². The Morgan fingerprint density at radius 2 is 1.76 bits per heavy atom. The number of carbonyl (C=O) groups is 1. The predicted molar refractivity (Wildman–Crippen MR) is 129 cm³/mol. The fraction of sp³-hybridized carbons (Fsp3) is 0.280. The number of rotatable bonds is 6. The predicted octanol–water partition coefficient (Wildman–Crippen LogP) is 3.19. The Morgan fingerprint density at radius 1 is 1.03 bits per heavy atom. The molecule has 1 amide bonds. The summed E-state index contributed by atoms with van der Waals surface area (Å²) in [5.74, 6) is 2.58. The molecule has 0 bridgehead atoms. The molecule has 1 saturated heterocycles. The van der Waals surface area contributed by atoms with Crippen molar-refractivity contribution in [1.82, 2.24) is 20.4 Å². The summed E-state index contributed by atoms with van der Waals surface area (Å²) in [6.45, 7) is 5.25. The van der Waals surface area contributed by atoms with E-state index >= 15 is 0 Å². The van der Waals surface area contributed by atoms with E-state index in [0.717, 1.165) is 54.3 Å². The van der Waals surface area contributed by atoms with Gasteiger partial charge in [-0.25, -0.2) is 9.97 Å². The molecule has 0 radical (unpaired) electrons. The molecule has 1 N–H and O–H groups in total. The first-order chi connectivity index (χ1) is 16.6. The number of aryl methyl sites for hydroxylation is 1. The molecule has 0 saturated carbocycles. The molecule has 4 aromatic rings. The van der Waals surface area contributed by atoms with E-state index in [4.69, 9.17) is 14.2 Å². The average Bonchev–Trinajstić information content (AvgIpc) is 3.33. The number of methoxy groups -OCH3 is 1. The Morgan fingerprint density at radius 3 is 2.53 bits per heavy atom. The van der Waals surface area contributed by atoms with Crippen molar-refractivity contribution in [3.05, 3.63) is 71.9 Å². The molecular formula is C25H26N6O3. The van der Waals surface area contributed by atoms with Gasteiger partial charge in [-0.15, -0.1) is 0 Å². The van der Waals surface area contributed by atoms with Gasteiger partial charge in [-0.3, -0.25) is 4.79 Å². The minimum Gasteiger partial charge on any atom is -0.495 e. The molecule has 0 aliphatic carbocycles. The number of para-hydroxylation sites is 3. The summed E-state index contributed by atoms with van der Waals surface area (Å²) >= 11 is 0. The second-order valence-electron chi connectivity index (χ2n) is 8.13. The lowest BCUT2D eigenvalue weighted by Gasteiger charge is -2.37. The smallest absolute Gasteiger partial charge is 0.273 e. The number of ether oxygens (including phenoxy) is 1. The van der Waals surface area contributed by atoms with Gasteiger partial charge in [0.15, 0.2) is 11.5 Å². The first-order valence-electron chi connectivity index (χ1n) is 11.2. The molecule has 3 heterocycles. The molecule has 0 spiro atoms. The van der Waals surface area contributed by atoms with Crippen LogP contribution in [-0.2, 0) is 6.54 Å². The van der Waals surface area contributed by atoms with E-state index in [0.29, 0.717) is 11.6 Å². The lowest BCUT2D eigenvalue weighted by Crippen LogP contribution is -2.47. The number of carbonyl (C=O) groups excluding carboxylic acids is 1. The zero-order valence-corrected chi connectivity index (χ0v) is 19.2. The molecule has 1 aliphatic heterocycles. The Hall–Kier alpha value is -4.14. The lowest BCUT2D eigenvalue weighted by molar-refractivity contribution is 0.0940. The Labute approximate surface area is 197 Å². The van der Waals surface area contributed by atoms with E-state index in [2.05, 4.69) is 31.3 Å². The molecule has 0 unspecified atom stereocenters. The summed E-state index contributed by atoms with van der Waals surface area (Å²) in [5.41, 5.74) is 2.19. The molecule has 5 rings (SSSR count). The van der Waals surface area contributed by atoms with Crippen LogP contribution in [0, 0.1) is 6.92 Å².